The smallest absolute Gasteiger partial charge is 0.292 e. The van der Waals surface area contributed by atoms with Gasteiger partial charge in [0, 0.05) is 23.4 Å². The summed E-state index contributed by atoms with van der Waals surface area (Å²) >= 11 is 0. The third-order valence-corrected chi connectivity index (χ3v) is 4.96. The van der Waals surface area contributed by atoms with Crippen LogP contribution in [0.25, 0.3) is 21.9 Å². The molecule has 1 heterocycles. The topological polar surface area (TPSA) is 115 Å². The molecule has 1 aromatic heterocycles. The highest BCUT2D eigenvalue weighted by Gasteiger charge is 2.16. The van der Waals surface area contributed by atoms with Gasteiger partial charge in [-0.3, -0.25) is 14.9 Å². The van der Waals surface area contributed by atoms with E-state index in [2.05, 4.69) is 10.2 Å². The van der Waals surface area contributed by atoms with Crippen LogP contribution < -0.4 is 11.3 Å². The summed E-state index contributed by atoms with van der Waals surface area (Å²) in [6.45, 7) is 1.93. The van der Waals surface area contributed by atoms with E-state index in [1.165, 1.54) is 18.2 Å². The van der Waals surface area contributed by atoms with E-state index < -0.39 is 10.7 Å². The first-order valence-corrected chi connectivity index (χ1v) is 9.14. The summed E-state index contributed by atoms with van der Waals surface area (Å²) in [5, 5.41) is 19.1. The van der Waals surface area contributed by atoms with Crippen molar-refractivity contribution in [2.24, 2.45) is 0 Å². The maximum absolute atomic E-state index is 14.5. The molecule has 3 N–H and O–H groups in total. The standard InChI is InChI=1S/C22H17FN4O3/c1-12-2-5-15-17(8-12)20(25-26-22(15)28)10-13-3-6-18(23)16(9-13)14-4-7-19(24)21(11-14)27(29)30/h2-9,11H,10,24H2,1H3,(H,26,28). The fourth-order valence-corrected chi connectivity index (χ4v) is 3.43. The second-order valence-electron chi connectivity index (χ2n) is 7.07. The number of H-pyrrole nitrogens is 1. The highest BCUT2D eigenvalue weighted by molar-refractivity contribution is 5.84. The molecular formula is C22H17FN4O3. The van der Waals surface area contributed by atoms with Gasteiger partial charge in [-0.25, -0.2) is 9.49 Å². The number of halogens is 1. The fourth-order valence-electron chi connectivity index (χ4n) is 3.43. The zero-order valence-corrected chi connectivity index (χ0v) is 16.0. The number of nitrogens with zero attached hydrogens (tertiary/aromatic N) is 2. The molecule has 0 unspecified atom stereocenters. The number of nitrogens with two attached hydrogens (primary N) is 1. The number of nitrogens with one attached hydrogen (secondary N) is 1. The number of anilines is 1. The summed E-state index contributed by atoms with van der Waals surface area (Å²) in [6.07, 6.45) is 0.348. The lowest BCUT2D eigenvalue weighted by atomic mass is 9.98. The molecule has 0 radical (unpaired) electrons. The first kappa shape index (κ1) is 19.3. The lowest BCUT2D eigenvalue weighted by molar-refractivity contribution is -0.383. The molecular weight excluding hydrogens is 387 g/mol. The van der Waals surface area contributed by atoms with Crippen LogP contribution in [0, 0.1) is 22.9 Å². The van der Waals surface area contributed by atoms with Gasteiger partial charge >= 0.3 is 0 Å². The molecule has 0 bridgehead atoms. The van der Waals surface area contributed by atoms with Crippen LogP contribution in [0.4, 0.5) is 15.8 Å². The molecule has 0 aliphatic carbocycles. The van der Waals surface area contributed by atoms with E-state index in [9.17, 15) is 19.3 Å². The summed E-state index contributed by atoms with van der Waals surface area (Å²) in [6, 6.07) is 14.2. The SMILES string of the molecule is Cc1ccc2c(=O)[nH]nc(Cc3ccc(F)c(-c4ccc(N)c([N+](=O)[O-])c4)c3)c2c1. The van der Waals surface area contributed by atoms with Crippen molar-refractivity contribution in [2.45, 2.75) is 13.3 Å². The summed E-state index contributed by atoms with van der Waals surface area (Å²) in [7, 11) is 0. The van der Waals surface area contributed by atoms with E-state index in [1.54, 1.807) is 24.3 Å². The van der Waals surface area contributed by atoms with E-state index in [0.717, 1.165) is 16.5 Å². The Morgan fingerprint density at radius 3 is 2.67 bits per heavy atom. The Morgan fingerprint density at radius 2 is 1.90 bits per heavy atom. The minimum absolute atomic E-state index is 0.0135. The fraction of sp³-hybridized carbons (Fsp3) is 0.0909. The molecule has 4 rings (SSSR count). The number of fused-ring (bicyclic) bond motifs is 1. The number of nitro benzene ring substituents is 1. The second-order valence-corrected chi connectivity index (χ2v) is 7.07. The van der Waals surface area contributed by atoms with Crippen LogP contribution in [0.5, 0.6) is 0 Å². The van der Waals surface area contributed by atoms with Gasteiger partial charge in [-0.15, -0.1) is 0 Å². The summed E-state index contributed by atoms with van der Waals surface area (Å²) < 4.78 is 14.5. The molecule has 4 aromatic rings. The van der Waals surface area contributed by atoms with Crippen molar-refractivity contribution in [3.05, 3.63) is 97.7 Å². The third kappa shape index (κ3) is 3.50. The first-order valence-electron chi connectivity index (χ1n) is 9.14. The number of hydrogen-bond acceptors (Lipinski definition) is 5. The number of aromatic amines is 1. The van der Waals surface area contributed by atoms with Gasteiger partial charge in [0.25, 0.3) is 11.2 Å². The van der Waals surface area contributed by atoms with Gasteiger partial charge in [-0.05, 0) is 48.4 Å². The number of hydrogen-bond donors (Lipinski definition) is 2. The zero-order valence-electron chi connectivity index (χ0n) is 16.0. The molecule has 8 heteroatoms. The van der Waals surface area contributed by atoms with Crippen molar-refractivity contribution in [3.63, 3.8) is 0 Å². The maximum Gasteiger partial charge on any atom is 0.292 e. The Labute approximate surface area is 170 Å². The molecule has 7 nitrogen and oxygen atoms in total. The Hall–Kier alpha value is -4.07. The van der Waals surface area contributed by atoms with Gasteiger partial charge in [-0.1, -0.05) is 23.8 Å². The average molecular weight is 404 g/mol. The van der Waals surface area contributed by atoms with Crippen molar-refractivity contribution in [1.82, 2.24) is 10.2 Å². The number of aromatic nitrogens is 2. The van der Waals surface area contributed by atoms with Crippen molar-refractivity contribution in [2.75, 3.05) is 5.73 Å². The Kier molecular flexibility index (Phi) is 4.75. The Morgan fingerprint density at radius 1 is 1.10 bits per heavy atom. The average Bonchev–Trinajstić information content (AvgIpc) is 2.71. The van der Waals surface area contributed by atoms with E-state index in [-0.39, 0.29) is 22.5 Å². The molecule has 0 aliphatic heterocycles. The normalized spacial score (nSPS) is 11.0. The lowest BCUT2D eigenvalue weighted by Crippen LogP contribution is -2.11. The highest BCUT2D eigenvalue weighted by atomic mass is 19.1. The van der Waals surface area contributed by atoms with E-state index in [1.807, 2.05) is 19.1 Å². The van der Waals surface area contributed by atoms with Crippen LogP contribution in [0.3, 0.4) is 0 Å². The van der Waals surface area contributed by atoms with Crippen LogP contribution in [0.2, 0.25) is 0 Å². The van der Waals surface area contributed by atoms with Gasteiger partial charge in [0.2, 0.25) is 0 Å². The van der Waals surface area contributed by atoms with Crippen LogP contribution in [-0.2, 0) is 6.42 Å². The van der Waals surface area contributed by atoms with Gasteiger partial charge in [-0.2, -0.15) is 5.10 Å². The second kappa shape index (κ2) is 7.40. The summed E-state index contributed by atoms with van der Waals surface area (Å²) in [5.41, 5.74) is 8.06. The number of rotatable bonds is 4. The monoisotopic (exact) mass is 404 g/mol. The molecule has 0 amide bonds. The molecule has 30 heavy (non-hydrogen) atoms. The molecule has 150 valence electrons. The first-order chi connectivity index (χ1) is 14.3. The highest BCUT2D eigenvalue weighted by Crippen LogP contribution is 2.31. The maximum atomic E-state index is 14.5. The predicted octanol–water partition coefficient (Wildman–Crippen LogP) is 4.12. The zero-order chi connectivity index (χ0) is 21.4. The van der Waals surface area contributed by atoms with Gasteiger partial charge in [0.15, 0.2) is 0 Å². The van der Waals surface area contributed by atoms with E-state index >= 15 is 0 Å². The van der Waals surface area contributed by atoms with Crippen LogP contribution in [0.1, 0.15) is 16.8 Å². The van der Waals surface area contributed by atoms with E-state index in [4.69, 9.17) is 5.73 Å². The molecule has 0 fully saturated rings. The van der Waals surface area contributed by atoms with Gasteiger partial charge < -0.3 is 5.73 Å². The van der Waals surface area contributed by atoms with Crippen molar-refractivity contribution >= 4 is 22.1 Å². The molecule has 3 aromatic carbocycles. The lowest BCUT2D eigenvalue weighted by Gasteiger charge is -2.10. The summed E-state index contributed by atoms with van der Waals surface area (Å²) in [5.74, 6) is -0.507. The molecule has 0 saturated heterocycles. The molecule has 0 spiro atoms. The molecule has 0 saturated carbocycles. The van der Waals surface area contributed by atoms with Crippen molar-refractivity contribution in [1.29, 1.82) is 0 Å². The number of benzene rings is 3. The van der Waals surface area contributed by atoms with Gasteiger partial charge in [0.05, 0.1) is 16.0 Å². The third-order valence-electron chi connectivity index (χ3n) is 4.96. The van der Waals surface area contributed by atoms with Crippen molar-refractivity contribution < 1.29 is 9.31 Å². The van der Waals surface area contributed by atoms with Crippen LogP contribution >= 0.6 is 0 Å². The Balaban J connectivity index is 1.79. The molecule has 0 aliphatic rings. The quantitative estimate of drug-likeness (QED) is 0.302. The minimum atomic E-state index is -0.598. The van der Waals surface area contributed by atoms with Gasteiger partial charge in [0.1, 0.15) is 11.5 Å². The Bertz CT molecular complexity index is 1360. The number of aryl methyl sites for hydroxylation is 1. The molecule has 0 atom stereocenters. The number of nitro groups is 1. The minimum Gasteiger partial charge on any atom is -0.393 e. The predicted molar refractivity (Wildman–Crippen MR) is 113 cm³/mol. The largest absolute Gasteiger partial charge is 0.393 e. The van der Waals surface area contributed by atoms with Crippen LogP contribution in [0.15, 0.2) is 59.4 Å². The van der Waals surface area contributed by atoms with E-state index in [0.29, 0.717) is 23.1 Å². The number of nitrogen functional groups attached to an aromatic ring is 1. The van der Waals surface area contributed by atoms with Crippen LogP contribution in [-0.4, -0.2) is 15.1 Å². The van der Waals surface area contributed by atoms with Crippen molar-refractivity contribution in [3.8, 4) is 11.1 Å². The summed E-state index contributed by atoms with van der Waals surface area (Å²) in [4.78, 5) is 22.6.